The van der Waals surface area contributed by atoms with E-state index in [1.165, 1.54) is 6.92 Å². The van der Waals surface area contributed by atoms with Gasteiger partial charge in [-0.1, -0.05) is 0 Å². The molecular formula is C11H17N5O4. The number of hydrogen-bond donors (Lipinski definition) is 2. The van der Waals surface area contributed by atoms with E-state index < -0.39 is 10.5 Å². The zero-order chi connectivity index (χ0) is 14.8. The number of nitrogen functional groups attached to an aromatic ring is 1. The molecule has 2 rings (SSSR count). The summed E-state index contributed by atoms with van der Waals surface area (Å²) in [6, 6.07) is 0. The van der Waals surface area contributed by atoms with Crippen LogP contribution in [0.1, 0.15) is 12.1 Å². The van der Waals surface area contributed by atoms with E-state index in [-0.39, 0.29) is 23.1 Å². The third kappa shape index (κ3) is 2.78. The second-order valence-corrected chi connectivity index (χ2v) is 4.66. The molecule has 0 aliphatic carbocycles. The molecule has 1 saturated heterocycles. The molecule has 20 heavy (non-hydrogen) atoms. The van der Waals surface area contributed by atoms with Gasteiger partial charge in [0.1, 0.15) is 11.3 Å². The monoisotopic (exact) mass is 283 g/mol. The number of nitrogens with one attached hydrogen (secondary N) is 1. The number of nitrogens with zero attached hydrogens (tertiary/aromatic N) is 3. The van der Waals surface area contributed by atoms with Gasteiger partial charge in [-0.25, -0.2) is 4.98 Å². The minimum Gasteiger partial charge on any atom is -0.378 e. The number of nitro groups is 1. The fourth-order valence-electron chi connectivity index (χ4n) is 2.14. The third-order valence-electron chi connectivity index (χ3n) is 3.34. The number of nitrogens with two attached hydrogens (primary N) is 1. The average molecular weight is 283 g/mol. The summed E-state index contributed by atoms with van der Waals surface area (Å²) in [5.74, 6) is 0.0908. The first-order chi connectivity index (χ1) is 9.47. The van der Waals surface area contributed by atoms with E-state index in [1.54, 1.807) is 7.11 Å². The van der Waals surface area contributed by atoms with E-state index in [2.05, 4.69) is 15.3 Å². The summed E-state index contributed by atoms with van der Waals surface area (Å²) in [4.78, 5) is 18.3. The smallest absolute Gasteiger partial charge is 0.332 e. The van der Waals surface area contributed by atoms with Gasteiger partial charge in [0.15, 0.2) is 0 Å². The largest absolute Gasteiger partial charge is 0.378 e. The first kappa shape index (κ1) is 14.4. The molecule has 0 radical (unpaired) electrons. The summed E-state index contributed by atoms with van der Waals surface area (Å²) in [5.41, 5.74) is 5.08. The van der Waals surface area contributed by atoms with Crippen molar-refractivity contribution in [2.24, 2.45) is 0 Å². The van der Waals surface area contributed by atoms with Crippen molar-refractivity contribution in [3.05, 3.63) is 15.8 Å². The summed E-state index contributed by atoms with van der Waals surface area (Å²) < 4.78 is 10.8. The van der Waals surface area contributed by atoms with Crippen LogP contribution in [-0.2, 0) is 9.47 Å². The molecule has 1 aliphatic rings. The second kappa shape index (κ2) is 5.55. The minimum atomic E-state index is -0.526. The molecular weight excluding hydrogens is 266 g/mol. The topological polar surface area (TPSA) is 125 Å². The van der Waals surface area contributed by atoms with Gasteiger partial charge in [0.05, 0.1) is 11.5 Å². The van der Waals surface area contributed by atoms with Crippen LogP contribution in [0.5, 0.6) is 0 Å². The fraction of sp³-hybridized carbons (Fsp3) is 0.636. The van der Waals surface area contributed by atoms with Gasteiger partial charge in [0, 0.05) is 26.7 Å². The molecule has 1 atom stereocenters. The molecule has 1 aromatic heterocycles. The third-order valence-corrected chi connectivity index (χ3v) is 3.34. The van der Waals surface area contributed by atoms with Crippen LogP contribution in [-0.4, -0.2) is 47.4 Å². The van der Waals surface area contributed by atoms with Crippen molar-refractivity contribution in [3.8, 4) is 0 Å². The molecule has 0 amide bonds. The lowest BCUT2D eigenvalue weighted by atomic mass is 10.0. The maximum absolute atomic E-state index is 11.1. The Labute approximate surface area is 115 Å². The molecule has 9 heteroatoms. The van der Waals surface area contributed by atoms with E-state index >= 15 is 0 Å². The van der Waals surface area contributed by atoms with E-state index in [0.29, 0.717) is 26.2 Å². The molecule has 0 saturated carbocycles. The number of aromatic nitrogens is 2. The molecule has 1 fully saturated rings. The molecule has 3 N–H and O–H groups in total. The first-order valence-corrected chi connectivity index (χ1v) is 6.13. The van der Waals surface area contributed by atoms with Gasteiger partial charge in [-0.3, -0.25) is 10.1 Å². The van der Waals surface area contributed by atoms with Crippen LogP contribution in [0, 0.1) is 17.0 Å². The average Bonchev–Trinajstić information content (AvgIpc) is 2.84. The van der Waals surface area contributed by atoms with Gasteiger partial charge in [-0.05, 0) is 6.92 Å². The van der Waals surface area contributed by atoms with Crippen LogP contribution < -0.4 is 11.1 Å². The minimum absolute atomic E-state index is 0.00950. The van der Waals surface area contributed by atoms with Gasteiger partial charge < -0.3 is 20.5 Å². The Bertz CT molecular complexity index is 516. The Kier molecular flexibility index (Phi) is 4.00. The molecule has 110 valence electrons. The lowest BCUT2D eigenvalue weighted by Gasteiger charge is -2.26. The number of ether oxygens (including phenoxy) is 2. The van der Waals surface area contributed by atoms with Crippen LogP contribution in [0.4, 0.5) is 17.5 Å². The number of hydrogen-bond acceptors (Lipinski definition) is 8. The van der Waals surface area contributed by atoms with Crippen molar-refractivity contribution < 1.29 is 14.4 Å². The van der Waals surface area contributed by atoms with Gasteiger partial charge >= 0.3 is 5.69 Å². The van der Waals surface area contributed by atoms with E-state index in [1.807, 2.05) is 0 Å². The zero-order valence-electron chi connectivity index (χ0n) is 11.4. The lowest BCUT2D eigenvalue weighted by Crippen LogP contribution is -2.40. The van der Waals surface area contributed by atoms with E-state index in [0.717, 1.165) is 0 Å². The molecule has 1 unspecified atom stereocenters. The van der Waals surface area contributed by atoms with Crippen molar-refractivity contribution in [3.63, 3.8) is 0 Å². The fourth-order valence-corrected chi connectivity index (χ4v) is 2.14. The highest BCUT2D eigenvalue weighted by Gasteiger charge is 2.35. The highest BCUT2D eigenvalue weighted by Crippen LogP contribution is 2.28. The summed E-state index contributed by atoms with van der Waals surface area (Å²) in [5, 5.41) is 14.0. The van der Waals surface area contributed by atoms with Crippen LogP contribution in [0.3, 0.4) is 0 Å². The molecule has 9 nitrogen and oxygen atoms in total. The van der Waals surface area contributed by atoms with Gasteiger partial charge in [-0.15, -0.1) is 0 Å². The predicted molar refractivity (Wildman–Crippen MR) is 71.5 cm³/mol. The highest BCUT2D eigenvalue weighted by atomic mass is 16.6. The lowest BCUT2D eigenvalue weighted by molar-refractivity contribution is -0.385. The Balaban J connectivity index is 2.22. The predicted octanol–water partition coefficient (Wildman–Crippen LogP) is 0.493. The normalized spacial score (nSPS) is 21.9. The summed E-state index contributed by atoms with van der Waals surface area (Å²) >= 11 is 0. The first-order valence-electron chi connectivity index (χ1n) is 6.13. The van der Waals surface area contributed by atoms with Gasteiger partial charge in [0.2, 0.25) is 11.8 Å². The molecule has 0 bridgehead atoms. The summed E-state index contributed by atoms with van der Waals surface area (Å²) in [6.07, 6.45) is 0.712. The van der Waals surface area contributed by atoms with Crippen LogP contribution >= 0.6 is 0 Å². The zero-order valence-corrected chi connectivity index (χ0v) is 11.4. The number of methoxy groups -OCH3 is 1. The number of rotatable bonds is 5. The molecule has 0 spiro atoms. The highest BCUT2D eigenvalue weighted by molar-refractivity contribution is 5.60. The van der Waals surface area contributed by atoms with Gasteiger partial charge in [-0.2, -0.15) is 4.98 Å². The Morgan fingerprint density at radius 3 is 2.90 bits per heavy atom. The Hall–Kier alpha value is -2.00. The maximum Gasteiger partial charge on any atom is 0.332 e. The molecule has 1 aliphatic heterocycles. The quantitative estimate of drug-likeness (QED) is 0.590. The maximum atomic E-state index is 11.1. The van der Waals surface area contributed by atoms with E-state index in [4.69, 9.17) is 15.2 Å². The second-order valence-electron chi connectivity index (χ2n) is 4.66. The number of aryl methyl sites for hydroxylation is 1. The summed E-state index contributed by atoms with van der Waals surface area (Å²) in [7, 11) is 1.59. The van der Waals surface area contributed by atoms with E-state index in [9.17, 15) is 10.1 Å². The van der Waals surface area contributed by atoms with Crippen LogP contribution in [0.2, 0.25) is 0 Å². The van der Waals surface area contributed by atoms with Gasteiger partial charge in [0.25, 0.3) is 0 Å². The molecule has 2 heterocycles. The van der Waals surface area contributed by atoms with Crippen molar-refractivity contribution >= 4 is 17.5 Å². The Morgan fingerprint density at radius 1 is 1.60 bits per heavy atom. The van der Waals surface area contributed by atoms with Crippen molar-refractivity contribution in [1.29, 1.82) is 0 Å². The van der Waals surface area contributed by atoms with Crippen LogP contribution in [0.15, 0.2) is 0 Å². The molecule has 1 aromatic rings. The van der Waals surface area contributed by atoms with Crippen molar-refractivity contribution in [2.75, 3.05) is 37.9 Å². The van der Waals surface area contributed by atoms with Crippen molar-refractivity contribution in [1.82, 2.24) is 9.97 Å². The van der Waals surface area contributed by atoms with Crippen LogP contribution in [0.25, 0.3) is 0 Å². The molecule has 0 aromatic carbocycles. The standard InChI is InChI=1S/C11H17N5O4/c1-7-8(16(17)18)9(15-10(12)14-7)13-5-11(19-2)3-4-20-6-11/h3-6H2,1-2H3,(H3,12,13,14,15). The Morgan fingerprint density at radius 2 is 2.35 bits per heavy atom. The SMILES string of the molecule is COC1(CNc2nc(N)nc(C)c2[N+](=O)[O-])CCOC1. The van der Waals surface area contributed by atoms with Crippen molar-refractivity contribution in [2.45, 2.75) is 18.9 Å². The summed E-state index contributed by atoms with van der Waals surface area (Å²) in [6.45, 7) is 2.90. The number of anilines is 2.